The van der Waals surface area contributed by atoms with Crippen molar-refractivity contribution in [2.75, 3.05) is 12.3 Å². The van der Waals surface area contributed by atoms with Crippen molar-refractivity contribution in [3.05, 3.63) is 70.5 Å². The second-order valence-electron chi connectivity index (χ2n) is 6.34. The number of likely N-dealkylation sites (N-methyl/N-ethyl adjacent to an activating group) is 1. The summed E-state index contributed by atoms with van der Waals surface area (Å²) in [6.45, 7) is 4.28. The molecule has 2 aromatic rings. The standard InChI is InChI=1S/C21H24ClFN2O2S/c1-3-24-21(27)15(2)25(12-16-6-10-19(23)11-7-16)20(26)14-28-13-17-4-8-18(22)9-5-17/h4-11,15H,3,12-14H2,1-2H3,(H,24,27). The Bertz CT molecular complexity index is 784. The Morgan fingerprint density at radius 1 is 1.11 bits per heavy atom. The quantitative estimate of drug-likeness (QED) is 0.656. The number of nitrogens with one attached hydrogen (secondary N) is 1. The van der Waals surface area contributed by atoms with E-state index in [-0.39, 0.29) is 29.9 Å². The molecule has 4 nitrogen and oxygen atoms in total. The number of amides is 2. The van der Waals surface area contributed by atoms with Gasteiger partial charge in [0.1, 0.15) is 11.9 Å². The first-order valence-electron chi connectivity index (χ1n) is 9.04. The summed E-state index contributed by atoms with van der Waals surface area (Å²) in [6, 6.07) is 12.8. The topological polar surface area (TPSA) is 49.4 Å². The number of halogens is 2. The lowest BCUT2D eigenvalue weighted by Gasteiger charge is -2.28. The highest BCUT2D eigenvalue weighted by atomic mass is 35.5. The Balaban J connectivity index is 2.03. The largest absolute Gasteiger partial charge is 0.355 e. The van der Waals surface area contributed by atoms with E-state index in [1.165, 1.54) is 28.8 Å². The smallest absolute Gasteiger partial charge is 0.242 e. The first kappa shape index (κ1) is 22.2. The lowest BCUT2D eigenvalue weighted by Crippen LogP contribution is -2.48. The van der Waals surface area contributed by atoms with Crippen LogP contribution in [0.2, 0.25) is 5.02 Å². The number of nitrogens with zero attached hydrogens (tertiary/aromatic N) is 1. The fraction of sp³-hybridized carbons (Fsp3) is 0.333. The summed E-state index contributed by atoms with van der Waals surface area (Å²) in [5.41, 5.74) is 1.85. The summed E-state index contributed by atoms with van der Waals surface area (Å²) in [4.78, 5) is 26.6. The van der Waals surface area contributed by atoms with Gasteiger partial charge in [0.25, 0.3) is 0 Å². The highest BCUT2D eigenvalue weighted by Crippen LogP contribution is 2.18. The molecular formula is C21H24ClFN2O2S. The van der Waals surface area contributed by atoms with Crippen molar-refractivity contribution in [2.45, 2.75) is 32.2 Å². The average Bonchev–Trinajstić information content (AvgIpc) is 2.68. The van der Waals surface area contributed by atoms with Gasteiger partial charge in [-0.25, -0.2) is 4.39 Å². The zero-order chi connectivity index (χ0) is 20.5. The van der Waals surface area contributed by atoms with Crippen LogP contribution in [-0.4, -0.2) is 35.1 Å². The molecule has 150 valence electrons. The SMILES string of the molecule is CCNC(=O)C(C)N(Cc1ccc(F)cc1)C(=O)CSCc1ccc(Cl)cc1. The average molecular weight is 423 g/mol. The molecule has 0 spiro atoms. The van der Waals surface area contributed by atoms with Gasteiger partial charge in [-0.15, -0.1) is 11.8 Å². The summed E-state index contributed by atoms with van der Waals surface area (Å²) in [5, 5.41) is 3.42. The first-order chi connectivity index (χ1) is 13.4. The Kier molecular flexibility index (Phi) is 8.80. The third-order valence-electron chi connectivity index (χ3n) is 4.19. The minimum absolute atomic E-state index is 0.137. The molecule has 2 aromatic carbocycles. The maximum Gasteiger partial charge on any atom is 0.242 e. The normalized spacial score (nSPS) is 11.7. The van der Waals surface area contributed by atoms with Crippen LogP contribution in [0, 0.1) is 5.82 Å². The molecule has 1 atom stereocenters. The van der Waals surface area contributed by atoms with Crippen LogP contribution in [0.4, 0.5) is 4.39 Å². The fourth-order valence-electron chi connectivity index (χ4n) is 2.61. The molecule has 0 aliphatic rings. The summed E-state index contributed by atoms with van der Waals surface area (Å²) >= 11 is 7.36. The van der Waals surface area contributed by atoms with Gasteiger partial charge in [0, 0.05) is 23.9 Å². The molecule has 28 heavy (non-hydrogen) atoms. The molecule has 0 aliphatic carbocycles. The van der Waals surface area contributed by atoms with Crippen molar-refractivity contribution in [1.29, 1.82) is 0 Å². The van der Waals surface area contributed by atoms with Crippen LogP contribution in [-0.2, 0) is 21.9 Å². The Morgan fingerprint density at radius 3 is 2.32 bits per heavy atom. The fourth-order valence-corrected chi connectivity index (χ4v) is 3.61. The van der Waals surface area contributed by atoms with E-state index in [0.29, 0.717) is 17.3 Å². The molecule has 0 saturated heterocycles. The van der Waals surface area contributed by atoms with Gasteiger partial charge in [0.2, 0.25) is 11.8 Å². The molecule has 1 N–H and O–H groups in total. The van der Waals surface area contributed by atoms with Crippen LogP contribution >= 0.6 is 23.4 Å². The van der Waals surface area contributed by atoms with Gasteiger partial charge in [-0.05, 0) is 49.2 Å². The number of thioether (sulfide) groups is 1. The molecule has 0 aromatic heterocycles. The summed E-state index contributed by atoms with van der Waals surface area (Å²) in [6.07, 6.45) is 0. The number of hydrogen-bond donors (Lipinski definition) is 1. The van der Waals surface area contributed by atoms with E-state index in [4.69, 9.17) is 11.6 Å². The lowest BCUT2D eigenvalue weighted by molar-refractivity contribution is -0.138. The molecule has 0 aliphatic heterocycles. The number of benzene rings is 2. The molecule has 0 bridgehead atoms. The summed E-state index contributed by atoms with van der Waals surface area (Å²) in [5.74, 6) is 0.232. The molecule has 1 unspecified atom stereocenters. The van der Waals surface area contributed by atoms with Gasteiger partial charge in [-0.2, -0.15) is 0 Å². The van der Waals surface area contributed by atoms with Crippen molar-refractivity contribution < 1.29 is 14.0 Å². The molecule has 0 saturated carbocycles. The van der Waals surface area contributed by atoms with E-state index in [0.717, 1.165) is 11.1 Å². The van der Waals surface area contributed by atoms with Gasteiger partial charge in [-0.1, -0.05) is 35.9 Å². The third-order valence-corrected chi connectivity index (χ3v) is 5.43. The molecule has 0 radical (unpaired) electrons. The Labute approximate surface area is 174 Å². The van der Waals surface area contributed by atoms with Crippen LogP contribution in [0.5, 0.6) is 0 Å². The lowest BCUT2D eigenvalue weighted by atomic mass is 10.1. The second-order valence-corrected chi connectivity index (χ2v) is 7.76. The molecule has 0 heterocycles. The van der Waals surface area contributed by atoms with E-state index < -0.39 is 6.04 Å². The van der Waals surface area contributed by atoms with Crippen molar-refractivity contribution in [3.8, 4) is 0 Å². The predicted octanol–water partition coefficient (Wildman–Crippen LogP) is 4.27. The van der Waals surface area contributed by atoms with E-state index in [1.54, 1.807) is 19.1 Å². The monoisotopic (exact) mass is 422 g/mol. The molecule has 7 heteroatoms. The maximum atomic E-state index is 13.2. The van der Waals surface area contributed by atoms with Gasteiger partial charge in [-0.3, -0.25) is 9.59 Å². The predicted molar refractivity (Wildman–Crippen MR) is 113 cm³/mol. The molecule has 2 rings (SSSR count). The van der Waals surface area contributed by atoms with Crippen LogP contribution in [0.25, 0.3) is 0 Å². The maximum absolute atomic E-state index is 13.2. The highest BCUT2D eigenvalue weighted by molar-refractivity contribution is 7.99. The second kappa shape index (κ2) is 11.1. The summed E-state index contributed by atoms with van der Waals surface area (Å²) in [7, 11) is 0. The van der Waals surface area contributed by atoms with Gasteiger partial charge in [0.05, 0.1) is 5.75 Å². The van der Waals surface area contributed by atoms with Gasteiger partial charge < -0.3 is 10.2 Å². The molecule has 2 amide bonds. The third kappa shape index (κ3) is 6.84. The van der Waals surface area contributed by atoms with Crippen LogP contribution in [0.15, 0.2) is 48.5 Å². The first-order valence-corrected chi connectivity index (χ1v) is 10.6. The van der Waals surface area contributed by atoms with E-state index in [1.807, 2.05) is 31.2 Å². The minimum atomic E-state index is -0.617. The van der Waals surface area contributed by atoms with Crippen LogP contribution in [0.1, 0.15) is 25.0 Å². The van der Waals surface area contributed by atoms with E-state index >= 15 is 0 Å². The minimum Gasteiger partial charge on any atom is -0.355 e. The Hall–Kier alpha value is -2.05. The van der Waals surface area contributed by atoms with Crippen molar-refractivity contribution in [1.82, 2.24) is 10.2 Å². The molecular weight excluding hydrogens is 399 g/mol. The van der Waals surface area contributed by atoms with E-state index in [2.05, 4.69) is 5.32 Å². The summed E-state index contributed by atoms with van der Waals surface area (Å²) < 4.78 is 13.2. The van der Waals surface area contributed by atoms with Crippen LogP contribution < -0.4 is 5.32 Å². The zero-order valence-corrected chi connectivity index (χ0v) is 17.5. The van der Waals surface area contributed by atoms with Crippen LogP contribution in [0.3, 0.4) is 0 Å². The Morgan fingerprint density at radius 2 is 1.71 bits per heavy atom. The number of carbonyl (C=O) groups is 2. The van der Waals surface area contributed by atoms with Crippen molar-refractivity contribution >= 4 is 35.2 Å². The van der Waals surface area contributed by atoms with Crippen molar-refractivity contribution in [3.63, 3.8) is 0 Å². The highest BCUT2D eigenvalue weighted by Gasteiger charge is 2.25. The number of carbonyl (C=O) groups excluding carboxylic acids is 2. The van der Waals surface area contributed by atoms with Crippen molar-refractivity contribution in [2.24, 2.45) is 0 Å². The molecule has 0 fully saturated rings. The van der Waals surface area contributed by atoms with E-state index in [9.17, 15) is 14.0 Å². The number of hydrogen-bond acceptors (Lipinski definition) is 3. The van der Waals surface area contributed by atoms with Gasteiger partial charge >= 0.3 is 0 Å². The van der Waals surface area contributed by atoms with Gasteiger partial charge in [0.15, 0.2) is 0 Å². The number of rotatable bonds is 9. The zero-order valence-electron chi connectivity index (χ0n) is 16.0.